The third-order valence-electron chi connectivity index (χ3n) is 2.61. The SMILES string of the molecule is SCc1cc(I)cc(N2CCNCC2)c1. The Balaban J connectivity index is 2.22. The maximum Gasteiger partial charge on any atom is 0.0380 e. The molecule has 1 aliphatic rings. The first-order valence-electron chi connectivity index (χ1n) is 5.15. The molecule has 82 valence electrons. The van der Waals surface area contributed by atoms with Crippen LogP contribution in [0.4, 0.5) is 5.69 Å². The minimum Gasteiger partial charge on any atom is -0.369 e. The summed E-state index contributed by atoms with van der Waals surface area (Å²) in [4.78, 5) is 2.44. The number of anilines is 1. The second-order valence-electron chi connectivity index (χ2n) is 3.71. The Hall–Kier alpha value is 0.0600. The second kappa shape index (κ2) is 5.41. The molecule has 2 nitrogen and oxygen atoms in total. The number of piperazine rings is 1. The lowest BCUT2D eigenvalue weighted by Crippen LogP contribution is -2.43. The number of nitrogens with zero attached hydrogens (tertiary/aromatic N) is 1. The summed E-state index contributed by atoms with van der Waals surface area (Å²) in [5.74, 6) is 0.815. The Morgan fingerprint density at radius 2 is 2.00 bits per heavy atom. The summed E-state index contributed by atoms with van der Waals surface area (Å²) in [6.45, 7) is 4.38. The zero-order valence-electron chi connectivity index (χ0n) is 8.54. The van der Waals surface area contributed by atoms with E-state index in [0.29, 0.717) is 0 Å². The maximum absolute atomic E-state index is 4.33. The van der Waals surface area contributed by atoms with Crippen LogP contribution in [-0.2, 0) is 5.75 Å². The summed E-state index contributed by atoms with van der Waals surface area (Å²) in [7, 11) is 0. The van der Waals surface area contributed by atoms with Crippen molar-refractivity contribution in [3.05, 3.63) is 27.3 Å². The van der Waals surface area contributed by atoms with Gasteiger partial charge in [-0.2, -0.15) is 12.6 Å². The van der Waals surface area contributed by atoms with Gasteiger partial charge in [0.15, 0.2) is 0 Å². The highest BCUT2D eigenvalue weighted by molar-refractivity contribution is 14.1. The fourth-order valence-corrected chi connectivity index (χ4v) is 2.73. The molecule has 2 rings (SSSR count). The Labute approximate surface area is 110 Å². The van der Waals surface area contributed by atoms with E-state index in [2.05, 4.69) is 63.6 Å². The molecule has 0 radical (unpaired) electrons. The summed E-state index contributed by atoms with van der Waals surface area (Å²) in [6.07, 6.45) is 0. The third-order valence-corrected chi connectivity index (χ3v) is 3.60. The molecule has 1 aromatic carbocycles. The fourth-order valence-electron chi connectivity index (χ4n) is 1.83. The van der Waals surface area contributed by atoms with Gasteiger partial charge in [-0.3, -0.25) is 0 Å². The van der Waals surface area contributed by atoms with Gasteiger partial charge in [0.05, 0.1) is 0 Å². The van der Waals surface area contributed by atoms with Gasteiger partial charge in [0.25, 0.3) is 0 Å². The minimum absolute atomic E-state index is 0.815. The second-order valence-corrected chi connectivity index (χ2v) is 5.27. The predicted octanol–water partition coefficient (Wildman–Crippen LogP) is 2.13. The standard InChI is InChI=1S/C11H15IN2S/c12-10-5-9(8-15)6-11(7-10)14-3-1-13-2-4-14/h5-7,13,15H,1-4,8H2. The van der Waals surface area contributed by atoms with Crippen LogP contribution in [0.3, 0.4) is 0 Å². The van der Waals surface area contributed by atoms with Crippen molar-refractivity contribution in [3.8, 4) is 0 Å². The van der Waals surface area contributed by atoms with Crippen LogP contribution in [0.5, 0.6) is 0 Å². The van der Waals surface area contributed by atoms with Gasteiger partial charge in [0.2, 0.25) is 0 Å². The Morgan fingerprint density at radius 1 is 1.27 bits per heavy atom. The van der Waals surface area contributed by atoms with E-state index < -0.39 is 0 Å². The first-order valence-corrected chi connectivity index (χ1v) is 6.87. The summed E-state index contributed by atoms with van der Waals surface area (Å²) in [5, 5.41) is 3.37. The van der Waals surface area contributed by atoms with Crippen LogP contribution in [0.1, 0.15) is 5.56 Å². The number of thiol groups is 1. The van der Waals surface area contributed by atoms with E-state index in [1.54, 1.807) is 0 Å². The van der Waals surface area contributed by atoms with Crippen molar-refractivity contribution in [3.63, 3.8) is 0 Å². The van der Waals surface area contributed by atoms with Gasteiger partial charge in [-0.05, 0) is 46.4 Å². The van der Waals surface area contributed by atoms with Gasteiger partial charge in [-0.15, -0.1) is 0 Å². The van der Waals surface area contributed by atoms with Crippen LogP contribution in [0.2, 0.25) is 0 Å². The number of halogens is 1. The lowest BCUT2D eigenvalue weighted by molar-refractivity contribution is 0.589. The van der Waals surface area contributed by atoms with Crippen LogP contribution < -0.4 is 10.2 Å². The van der Waals surface area contributed by atoms with Crippen LogP contribution in [0.15, 0.2) is 18.2 Å². The van der Waals surface area contributed by atoms with Crippen LogP contribution in [0.25, 0.3) is 0 Å². The molecule has 4 heteroatoms. The van der Waals surface area contributed by atoms with Crippen molar-refractivity contribution in [1.82, 2.24) is 5.32 Å². The molecule has 0 saturated carbocycles. The summed E-state index contributed by atoms with van der Waals surface area (Å²) in [6, 6.07) is 6.69. The number of benzene rings is 1. The van der Waals surface area contributed by atoms with Crippen LogP contribution >= 0.6 is 35.2 Å². The number of hydrogen-bond donors (Lipinski definition) is 2. The van der Waals surface area contributed by atoms with E-state index in [1.807, 2.05) is 0 Å². The van der Waals surface area contributed by atoms with E-state index in [1.165, 1.54) is 14.8 Å². The third kappa shape index (κ3) is 3.01. The topological polar surface area (TPSA) is 15.3 Å². The van der Waals surface area contributed by atoms with Crippen LogP contribution in [-0.4, -0.2) is 26.2 Å². The van der Waals surface area contributed by atoms with Crippen molar-refractivity contribution in [2.45, 2.75) is 5.75 Å². The van der Waals surface area contributed by atoms with Crippen molar-refractivity contribution in [2.75, 3.05) is 31.1 Å². The lowest BCUT2D eigenvalue weighted by Gasteiger charge is -2.30. The molecule has 1 fully saturated rings. The number of rotatable bonds is 2. The van der Waals surface area contributed by atoms with Crippen molar-refractivity contribution in [1.29, 1.82) is 0 Å². The van der Waals surface area contributed by atoms with E-state index >= 15 is 0 Å². The average molecular weight is 334 g/mol. The largest absolute Gasteiger partial charge is 0.369 e. The molecule has 1 N–H and O–H groups in total. The molecule has 15 heavy (non-hydrogen) atoms. The zero-order valence-corrected chi connectivity index (χ0v) is 11.6. The monoisotopic (exact) mass is 334 g/mol. The molecule has 1 saturated heterocycles. The summed E-state index contributed by atoms with van der Waals surface area (Å²) >= 11 is 6.71. The van der Waals surface area contributed by atoms with E-state index in [-0.39, 0.29) is 0 Å². The smallest absolute Gasteiger partial charge is 0.0380 e. The van der Waals surface area contributed by atoms with Gasteiger partial charge in [-0.1, -0.05) is 0 Å². The van der Waals surface area contributed by atoms with Crippen molar-refractivity contribution >= 4 is 40.9 Å². The van der Waals surface area contributed by atoms with E-state index in [0.717, 1.165) is 31.9 Å². The molecule has 1 aromatic rings. The van der Waals surface area contributed by atoms with Gasteiger partial charge in [-0.25, -0.2) is 0 Å². The molecule has 0 bridgehead atoms. The molecule has 0 spiro atoms. The molecule has 0 amide bonds. The van der Waals surface area contributed by atoms with Crippen molar-refractivity contribution < 1.29 is 0 Å². The highest BCUT2D eigenvalue weighted by Crippen LogP contribution is 2.21. The Bertz CT molecular complexity index is 337. The number of hydrogen-bond acceptors (Lipinski definition) is 3. The molecule has 1 heterocycles. The Morgan fingerprint density at radius 3 is 2.67 bits per heavy atom. The zero-order chi connectivity index (χ0) is 10.7. The minimum atomic E-state index is 0.815. The first kappa shape index (κ1) is 11.5. The lowest BCUT2D eigenvalue weighted by atomic mass is 10.2. The molecular weight excluding hydrogens is 319 g/mol. The first-order chi connectivity index (χ1) is 7.29. The van der Waals surface area contributed by atoms with Gasteiger partial charge >= 0.3 is 0 Å². The molecule has 1 aliphatic heterocycles. The maximum atomic E-state index is 4.33. The highest BCUT2D eigenvalue weighted by atomic mass is 127. The normalized spacial score (nSPS) is 16.8. The number of nitrogens with one attached hydrogen (secondary N) is 1. The fraction of sp³-hybridized carbons (Fsp3) is 0.455. The van der Waals surface area contributed by atoms with Gasteiger partial charge in [0.1, 0.15) is 0 Å². The van der Waals surface area contributed by atoms with E-state index in [9.17, 15) is 0 Å². The quantitative estimate of drug-likeness (QED) is 0.636. The Kier molecular flexibility index (Phi) is 4.16. The highest BCUT2D eigenvalue weighted by Gasteiger charge is 2.11. The average Bonchev–Trinajstić information content (AvgIpc) is 2.29. The predicted molar refractivity (Wildman–Crippen MR) is 76.9 cm³/mol. The molecule has 0 atom stereocenters. The molecule has 0 aliphatic carbocycles. The molecule has 0 unspecified atom stereocenters. The summed E-state index contributed by atoms with van der Waals surface area (Å²) in [5.41, 5.74) is 2.64. The molecule has 0 aromatic heterocycles. The van der Waals surface area contributed by atoms with Crippen molar-refractivity contribution in [2.24, 2.45) is 0 Å². The summed E-state index contributed by atoms with van der Waals surface area (Å²) < 4.78 is 1.30. The van der Waals surface area contributed by atoms with Gasteiger partial charge < -0.3 is 10.2 Å². The molecular formula is C11H15IN2S. The van der Waals surface area contributed by atoms with Crippen LogP contribution in [0, 0.1) is 3.57 Å². The van der Waals surface area contributed by atoms with E-state index in [4.69, 9.17) is 0 Å². The van der Waals surface area contributed by atoms with Gasteiger partial charge in [0, 0.05) is 41.2 Å².